The van der Waals surface area contributed by atoms with E-state index in [2.05, 4.69) is 4.72 Å². The number of carboxylic acids is 1. The normalized spacial score (nSPS) is 21.1. The number of carbonyl (C=O) groups is 1. The van der Waals surface area contributed by atoms with Crippen LogP contribution in [0.1, 0.15) is 39.5 Å². The summed E-state index contributed by atoms with van der Waals surface area (Å²) in [5.41, 5.74) is -2.11. The highest BCUT2D eigenvalue weighted by molar-refractivity contribution is 7.89. The zero-order chi connectivity index (χ0) is 16.1. The Morgan fingerprint density at radius 2 is 2.00 bits per heavy atom. The number of hydrogen-bond donors (Lipinski definition) is 3. The first-order valence-electron chi connectivity index (χ1n) is 7.17. The average Bonchev–Trinajstić information content (AvgIpc) is 2.87. The summed E-state index contributed by atoms with van der Waals surface area (Å²) in [6.45, 7) is 2.62. The highest BCUT2D eigenvalue weighted by Gasteiger charge is 2.31. The van der Waals surface area contributed by atoms with Crippen molar-refractivity contribution < 1.29 is 28.2 Å². The summed E-state index contributed by atoms with van der Waals surface area (Å²) in [5, 5.41) is 18.2. The molecule has 0 aliphatic heterocycles. The van der Waals surface area contributed by atoms with Crippen LogP contribution in [0.15, 0.2) is 0 Å². The van der Waals surface area contributed by atoms with Gasteiger partial charge in [-0.1, -0.05) is 19.8 Å². The molecule has 21 heavy (non-hydrogen) atoms. The van der Waals surface area contributed by atoms with Gasteiger partial charge in [0.25, 0.3) is 0 Å². The van der Waals surface area contributed by atoms with E-state index in [1.807, 2.05) is 0 Å². The molecular weight excluding hydrogens is 298 g/mol. The summed E-state index contributed by atoms with van der Waals surface area (Å²) in [4.78, 5) is 10.7. The van der Waals surface area contributed by atoms with Crippen molar-refractivity contribution >= 4 is 16.0 Å². The quantitative estimate of drug-likeness (QED) is 0.564. The predicted octanol–water partition coefficient (Wildman–Crippen LogP) is 0.337. The second kappa shape index (κ2) is 7.53. The Kier molecular flexibility index (Phi) is 6.58. The van der Waals surface area contributed by atoms with E-state index in [1.165, 1.54) is 0 Å². The molecule has 2 unspecified atom stereocenters. The van der Waals surface area contributed by atoms with Gasteiger partial charge in [-0.05, 0) is 25.7 Å². The predicted molar refractivity (Wildman–Crippen MR) is 77.4 cm³/mol. The third-order valence-corrected chi connectivity index (χ3v) is 5.11. The fourth-order valence-corrected chi connectivity index (χ4v) is 3.63. The monoisotopic (exact) mass is 323 g/mol. The lowest BCUT2D eigenvalue weighted by atomic mass is 10.1. The number of rotatable bonds is 9. The van der Waals surface area contributed by atoms with E-state index >= 15 is 0 Å². The number of hydrogen-bond acceptors (Lipinski definition) is 5. The van der Waals surface area contributed by atoms with Crippen molar-refractivity contribution in [1.29, 1.82) is 0 Å². The molecule has 0 heterocycles. The maximum atomic E-state index is 11.8. The first-order chi connectivity index (χ1) is 9.62. The van der Waals surface area contributed by atoms with Crippen molar-refractivity contribution in [3.05, 3.63) is 0 Å². The maximum absolute atomic E-state index is 11.8. The van der Waals surface area contributed by atoms with E-state index in [9.17, 15) is 18.3 Å². The number of aliphatic hydroxyl groups is 1. The first kappa shape index (κ1) is 18.3. The van der Waals surface area contributed by atoms with Gasteiger partial charge in [0.1, 0.15) is 0 Å². The third-order valence-electron chi connectivity index (χ3n) is 3.52. The van der Waals surface area contributed by atoms with Crippen LogP contribution in [0.3, 0.4) is 0 Å². The lowest BCUT2D eigenvalue weighted by Gasteiger charge is -2.20. The number of ether oxygens (including phenoxy) is 1. The Bertz CT molecular complexity index is 442. The van der Waals surface area contributed by atoms with Gasteiger partial charge in [-0.3, -0.25) is 0 Å². The average molecular weight is 323 g/mol. The van der Waals surface area contributed by atoms with E-state index in [-0.39, 0.29) is 17.8 Å². The molecule has 1 saturated carbocycles. The van der Waals surface area contributed by atoms with Crippen LogP contribution in [0.4, 0.5) is 0 Å². The Morgan fingerprint density at radius 3 is 2.52 bits per heavy atom. The van der Waals surface area contributed by atoms with Gasteiger partial charge in [0, 0.05) is 6.54 Å². The molecule has 7 nitrogen and oxygen atoms in total. The number of nitrogens with one attached hydrogen (secondary N) is 1. The van der Waals surface area contributed by atoms with E-state index < -0.39 is 28.1 Å². The fraction of sp³-hybridized carbons (Fsp3) is 0.923. The molecule has 1 fully saturated rings. The first-order valence-corrected chi connectivity index (χ1v) is 8.82. The molecule has 124 valence electrons. The molecule has 3 N–H and O–H groups in total. The lowest BCUT2D eigenvalue weighted by molar-refractivity contribution is -0.155. The van der Waals surface area contributed by atoms with Crippen LogP contribution >= 0.6 is 0 Å². The molecule has 0 saturated heterocycles. The van der Waals surface area contributed by atoms with Crippen LogP contribution in [0.25, 0.3) is 0 Å². The van der Waals surface area contributed by atoms with Crippen LogP contribution in [0.5, 0.6) is 0 Å². The molecule has 1 rings (SSSR count). The molecule has 1 aliphatic carbocycles. The molecule has 2 atom stereocenters. The van der Waals surface area contributed by atoms with Crippen molar-refractivity contribution in [3.8, 4) is 0 Å². The van der Waals surface area contributed by atoms with Crippen molar-refractivity contribution in [1.82, 2.24) is 4.72 Å². The summed E-state index contributed by atoms with van der Waals surface area (Å²) < 4.78 is 31.5. The number of aliphatic carboxylic acids is 1. The Balaban J connectivity index is 2.35. The zero-order valence-electron chi connectivity index (χ0n) is 12.5. The van der Waals surface area contributed by atoms with Gasteiger partial charge in [-0.15, -0.1) is 0 Å². The van der Waals surface area contributed by atoms with Gasteiger partial charge in [-0.25, -0.2) is 17.9 Å². The molecule has 1 aliphatic rings. The van der Waals surface area contributed by atoms with Gasteiger partial charge < -0.3 is 14.9 Å². The van der Waals surface area contributed by atoms with E-state index in [0.29, 0.717) is 6.61 Å². The molecule has 0 aromatic rings. The van der Waals surface area contributed by atoms with Crippen molar-refractivity contribution in [3.63, 3.8) is 0 Å². The summed E-state index contributed by atoms with van der Waals surface area (Å²) in [5.74, 6) is -1.82. The Morgan fingerprint density at radius 1 is 1.43 bits per heavy atom. The van der Waals surface area contributed by atoms with E-state index in [4.69, 9.17) is 9.84 Å². The van der Waals surface area contributed by atoms with Gasteiger partial charge in [0.05, 0.1) is 18.5 Å². The van der Waals surface area contributed by atoms with Gasteiger partial charge in [-0.2, -0.15) is 0 Å². The smallest absolute Gasteiger partial charge is 0.336 e. The highest BCUT2D eigenvalue weighted by Crippen LogP contribution is 2.21. The largest absolute Gasteiger partial charge is 0.479 e. The van der Waals surface area contributed by atoms with Crippen molar-refractivity contribution in [2.24, 2.45) is 5.92 Å². The molecule has 8 heteroatoms. The SMILES string of the molecule is CC(COC1CCCC1)CS(=O)(=O)NCC(C)(O)C(=O)O. The van der Waals surface area contributed by atoms with Crippen molar-refractivity contribution in [2.75, 3.05) is 18.9 Å². The molecule has 0 aromatic carbocycles. The minimum Gasteiger partial charge on any atom is -0.479 e. The van der Waals surface area contributed by atoms with Crippen LogP contribution in [-0.2, 0) is 19.6 Å². The number of carboxylic acid groups (broad SMARTS) is 1. The standard InChI is InChI=1S/C13H25NO6S/c1-10(7-20-11-5-3-4-6-11)8-21(18,19)14-9-13(2,17)12(15)16/h10-11,14,17H,3-9H2,1-2H3,(H,15,16). The van der Waals surface area contributed by atoms with Crippen LogP contribution < -0.4 is 4.72 Å². The number of sulfonamides is 1. The van der Waals surface area contributed by atoms with Crippen LogP contribution in [0.2, 0.25) is 0 Å². The van der Waals surface area contributed by atoms with Crippen LogP contribution in [-0.4, -0.2) is 55.2 Å². The minimum atomic E-state index is -3.65. The van der Waals surface area contributed by atoms with Gasteiger partial charge in [0.2, 0.25) is 10.0 Å². The van der Waals surface area contributed by atoms with Crippen molar-refractivity contribution in [2.45, 2.75) is 51.2 Å². The minimum absolute atomic E-state index is 0.157. The molecule has 0 aromatic heterocycles. The maximum Gasteiger partial charge on any atom is 0.336 e. The summed E-state index contributed by atoms with van der Waals surface area (Å²) in [7, 11) is -3.65. The summed E-state index contributed by atoms with van der Waals surface area (Å²) in [6, 6.07) is 0. The second-order valence-electron chi connectivity index (χ2n) is 6.03. The topological polar surface area (TPSA) is 113 Å². The fourth-order valence-electron chi connectivity index (χ4n) is 2.16. The van der Waals surface area contributed by atoms with Gasteiger partial charge >= 0.3 is 5.97 Å². The van der Waals surface area contributed by atoms with Crippen LogP contribution in [0, 0.1) is 5.92 Å². The lowest BCUT2D eigenvalue weighted by Crippen LogP contribution is -2.47. The van der Waals surface area contributed by atoms with Gasteiger partial charge in [0.15, 0.2) is 5.60 Å². The van der Waals surface area contributed by atoms with E-state index in [0.717, 1.165) is 32.6 Å². The Hall–Kier alpha value is -0.700. The zero-order valence-corrected chi connectivity index (χ0v) is 13.4. The second-order valence-corrected chi connectivity index (χ2v) is 7.88. The molecule has 0 spiro atoms. The molecular formula is C13H25NO6S. The molecule has 0 radical (unpaired) electrons. The third kappa shape index (κ3) is 6.73. The summed E-state index contributed by atoms with van der Waals surface area (Å²) >= 11 is 0. The molecule has 0 bridgehead atoms. The molecule has 0 amide bonds. The summed E-state index contributed by atoms with van der Waals surface area (Å²) in [6.07, 6.45) is 4.60. The Labute approximate surface area is 125 Å². The van der Waals surface area contributed by atoms with E-state index in [1.54, 1.807) is 6.92 Å². The highest BCUT2D eigenvalue weighted by atomic mass is 32.2.